The molecule has 0 aromatic heterocycles. The van der Waals surface area contributed by atoms with Gasteiger partial charge in [0.25, 0.3) is 0 Å². The van der Waals surface area contributed by atoms with Gasteiger partial charge >= 0.3 is 0 Å². The van der Waals surface area contributed by atoms with E-state index in [1.54, 1.807) is 7.11 Å². The molecule has 5 aromatic carbocycles. The third-order valence-electron chi connectivity index (χ3n) is 13.4. The van der Waals surface area contributed by atoms with E-state index in [-0.39, 0.29) is 42.1 Å². The molecule has 0 fully saturated rings. The first kappa shape index (κ1) is 39.5. The maximum Gasteiger partial charge on any atom is 0.161 e. The normalized spacial score (nSPS) is 21.6. The summed E-state index contributed by atoms with van der Waals surface area (Å²) < 4.78 is 26.6. The zero-order valence-corrected chi connectivity index (χ0v) is 35.0. The number of rotatable bonds is 12. The molecule has 5 aromatic rings. The number of hydrogen-bond donors (Lipinski definition) is 5. The molecule has 314 valence electrons. The van der Waals surface area contributed by atoms with Gasteiger partial charge in [-0.25, -0.2) is 0 Å². The molecule has 61 heavy (non-hydrogen) atoms. The third-order valence-corrected chi connectivity index (χ3v) is 13.4. The van der Waals surface area contributed by atoms with E-state index >= 15 is 0 Å². The Balaban J connectivity index is 1.14. The molecule has 5 aliphatic rings. The van der Waals surface area contributed by atoms with Crippen molar-refractivity contribution in [2.24, 2.45) is 4.99 Å². The largest absolute Gasteiger partial charge is 0.507 e. The Morgan fingerprint density at radius 1 is 0.869 bits per heavy atom. The molecule has 0 saturated heterocycles. The highest BCUT2D eigenvalue weighted by molar-refractivity contribution is 5.89. The monoisotopic (exact) mass is 819 g/mol. The first-order valence-corrected chi connectivity index (χ1v) is 21.6. The molecule has 3 aliphatic heterocycles. The summed E-state index contributed by atoms with van der Waals surface area (Å²) in [6.07, 6.45) is 7.06. The number of ether oxygens (including phenoxy) is 4. The maximum atomic E-state index is 11.6. The number of phenols is 2. The van der Waals surface area contributed by atoms with Crippen LogP contribution in [0.15, 0.2) is 83.4 Å². The second-order valence-electron chi connectivity index (χ2n) is 17.0. The third kappa shape index (κ3) is 6.86. The smallest absolute Gasteiger partial charge is 0.161 e. The first-order chi connectivity index (χ1) is 29.9. The summed E-state index contributed by atoms with van der Waals surface area (Å²) in [6.45, 7) is 1.58. The van der Waals surface area contributed by atoms with Crippen molar-refractivity contribution in [1.29, 1.82) is 0 Å². The lowest BCUT2D eigenvalue weighted by molar-refractivity contribution is -0.0436. The molecule has 10 heteroatoms. The Morgan fingerprint density at radius 3 is 2.54 bits per heavy atom. The summed E-state index contributed by atoms with van der Waals surface area (Å²) in [6, 6.07) is 24.7. The van der Waals surface area contributed by atoms with Crippen molar-refractivity contribution in [3.05, 3.63) is 139 Å². The molecule has 3 heterocycles. The fourth-order valence-corrected chi connectivity index (χ4v) is 10.7. The van der Waals surface area contributed by atoms with Gasteiger partial charge in [0.2, 0.25) is 0 Å². The van der Waals surface area contributed by atoms with Crippen LogP contribution in [0.3, 0.4) is 0 Å². The fraction of sp³-hybridized carbons (Fsp3) is 0.353. The number of nitrogens with one attached hydrogen (secondary N) is 2. The van der Waals surface area contributed by atoms with Crippen LogP contribution in [0.5, 0.6) is 28.7 Å². The summed E-state index contributed by atoms with van der Waals surface area (Å²) >= 11 is 0. The first-order valence-electron chi connectivity index (χ1n) is 21.6. The van der Waals surface area contributed by atoms with Gasteiger partial charge < -0.3 is 39.6 Å². The number of fused-ring (bicyclic) bond motifs is 8. The van der Waals surface area contributed by atoms with E-state index < -0.39 is 6.10 Å². The van der Waals surface area contributed by atoms with Crippen molar-refractivity contribution in [2.45, 2.75) is 68.7 Å². The van der Waals surface area contributed by atoms with Gasteiger partial charge in [0, 0.05) is 41.1 Å². The van der Waals surface area contributed by atoms with Gasteiger partial charge in [0.1, 0.15) is 29.5 Å². The van der Waals surface area contributed by atoms with Crippen molar-refractivity contribution in [1.82, 2.24) is 10.6 Å². The van der Waals surface area contributed by atoms with E-state index in [0.717, 1.165) is 78.6 Å². The molecule has 0 spiro atoms. The molecular formula is C51H53N3O7. The number of aryl methyl sites for hydroxylation is 2. The Morgan fingerprint density at radius 2 is 1.74 bits per heavy atom. The van der Waals surface area contributed by atoms with Crippen LogP contribution in [0, 0.1) is 0 Å². The van der Waals surface area contributed by atoms with Gasteiger partial charge in [-0.2, -0.15) is 0 Å². The topological polar surface area (TPSA) is 134 Å². The highest BCUT2D eigenvalue weighted by atomic mass is 16.6. The lowest BCUT2D eigenvalue weighted by atomic mass is 9.63. The second-order valence-corrected chi connectivity index (χ2v) is 17.0. The van der Waals surface area contributed by atoms with E-state index in [1.165, 1.54) is 16.7 Å². The van der Waals surface area contributed by atoms with Crippen molar-refractivity contribution < 1.29 is 34.3 Å². The van der Waals surface area contributed by atoms with E-state index in [2.05, 4.69) is 64.2 Å². The van der Waals surface area contributed by atoms with Crippen molar-refractivity contribution in [3.63, 3.8) is 0 Å². The van der Waals surface area contributed by atoms with Crippen LogP contribution in [-0.2, 0) is 36.8 Å². The van der Waals surface area contributed by atoms with E-state index in [4.69, 9.17) is 18.9 Å². The standard InChI is InChI=1S/C51H53N3O7/c1-52-25-33-21-39-42(56)16-14-35-46(39)40(45(33)30-11-15-41-29(19-30)17-18-54-41)23-37-38-24-44(59-27-53-2)49(61-50(38)36-13-12-34(26-55)60-51(36)47(35)37)32-20-31(48(57)43(22-32)58-3)10-9-28-7-5-4-6-8-28/h4-8,11,14-17,19-22,34,40,44-45,49,52-53,55-57H,9-10,12-13,18,23-27H2,1-3H3/t34-,40-,44-,45+,49-/m1/s1. The van der Waals surface area contributed by atoms with Crippen molar-refractivity contribution in [3.8, 4) is 39.9 Å². The second kappa shape index (κ2) is 16.3. The van der Waals surface area contributed by atoms with Crippen LogP contribution in [0.25, 0.3) is 23.3 Å². The Kier molecular flexibility index (Phi) is 10.6. The Hall–Kier alpha value is -5.65. The molecule has 10 rings (SSSR count). The lowest BCUT2D eigenvalue weighted by Gasteiger charge is -2.44. The number of benzene rings is 5. The van der Waals surface area contributed by atoms with Gasteiger partial charge in [-0.1, -0.05) is 48.5 Å². The SMILES string of the molecule is CNCO[C@@H]1Cc2c3c(c4c(c2O[C@@H]1c1cc(CCc2ccccc2)c(O)c(OC)c1)CC[C@H](CO)O4)-c1ccc(O)c2c1[C@H](C3)[C@@H](c1ccc3c(c1)=CCN=3)C(CNC)=C2. The van der Waals surface area contributed by atoms with Crippen LogP contribution in [0.4, 0.5) is 0 Å². The Labute approximate surface area is 356 Å². The predicted octanol–water partition coefficient (Wildman–Crippen LogP) is 5.94. The van der Waals surface area contributed by atoms with Crippen molar-refractivity contribution >= 4 is 12.2 Å². The zero-order chi connectivity index (χ0) is 41.8. The van der Waals surface area contributed by atoms with Crippen LogP contribution >= 0.6 is 0 Å². The number of phenolic OH excluding ortho intramolecular Hbond substituents is 2. The van der Waals surface area contributed by atoms with E-state index in [0.29, 0.717) is 57.7 Å². The number of hydrogen-bond acceptors (Lipinski definition) is 10. The molecule has 5 N–H and O–H groups in total. The maximum absolute atomic E-state index is 11.6. The molecule has 5 atom stereocenters. The minimum atomic E-state index is -0.524. The summed E-state index contributed by atoms with van der Waals surface area (Å²) in [5, 5.41) is 42.2. The van der Waals surface area contributed by atoms with Gasteiger partial charge in [0.15, 0.2) is 17.6 Å². The number of aliphatic hydroxyl groups is 1. The molecule has 0 unspecified atom stereocenters. The fourth-order valence-electron chi connectivity index (χ4n) is 10.7. The number of aliphatic hydroxyl groups excluding tert-OH is 1. The van der Waals surface area contributed by atoms with E-state index in [9.17, 15) is 15.3 Å². The number of methoxy groups -OCH3 is 1. The number of nitrogens with zero attached hydrogens (tertiary/aromatic N) is 1. The number of aromatic hydroxyl groups is 2. The quantitative estimate of drug-likeness (QED) is 0.0972. The molecule has 10 nitrogen and oxygen atoms in total. The van der Waals surface area contributed by atoms with Crippen LogP contribution in [0.1, 0.15) is 74.4 Å². The molecule has 2 aliphatic carbocycles. The van der Waals surface area contributed by atoms with Gasteiger partial charge in [-0.15, -0.1) is 0 Å². The lowest BCUT2D eigenvalue weighted by Crippen LogP contribution is -2.38. The van der Waals surface area contributed by atoms with Gasteiger partial charge in [0.05, 0.1) is 32.3 Å². The van der Waals surface area contributed by atoms with Crippen LogP contribution in [-0.4, -0.2) is 75.2 Å². The van der Waals surface area contributed by atoms with Gasteiger partial charge in [-0.3, -0.25) is 10.3 Å². The minimum Gasteiger partial charge on any atom is -0.507 e. The average molecular weight is 820 g/mol. The molecule has 0 radical (unpaired) electrons. The summed E-state index contributed by atoms with van der Waals surface area (Å²) in [4.78, 5) is 4.68. The summed E-state index contributed by atoms with van der Waals surface area (Å²) in [5.74, 6) is 2.38. The molecular weight excluding hydrogens is 767 g/mol. The minimum absolute atomic E-state index is 0.00310. The van der Waals surface area contributed by atoms with E-state index in [1.807, 2.05) is 50.5 Å². The highest BCUT2D eigenvalue weighted by Crippen LogP contribution is 2.60. The number of likely N-dealkylation sites (N-methyl/N-ethyl adjacent to an activating group) is 1. The van der Waals surface area contributed by atoms with Gasteiger partial charge in [-0.05, 0) is 138 Å². The summed E-state index contributed by atoms with van der Waals surface area (Å²) in [7, 11) is 5.43. The predicted molar refractivity (Wildman–Crippen MR) is 235 cm³/mol. The van der Waals surface area contributed by atoms with Crippen LogP contribution < -0.4 is 35.4 Å². The summed E-state index contributed by atoms with van der Waals surface area (Å²) in [5.41, 5.74) is 12.6. The Bertz CT molecular complexity index is 2680. The van der Waals surface area contributed by atoms with Crippen molar-refractivity contribution in [2.75, 3.05) is 47.6 Å². The highest BCUT2D eigenvalue weighted by Gasteiger charge is 2.45. The average Bonchev–Trinajstić information content (AvgIpc) is 3.77. The van der Waals surface area contributed by atoms with Crippen LogP contribution in [0.2, 0.25) is 0 Å². The molecule has 0 saturated carbocycles. The zero-order valence-electron chi connectivity index (χ0n) is 35.0. The molecule has 0 bridgehead atoms. The molecule has 0 amide bonds.